The van der Waals surface area contributed by atoms with Gasteiger partial charge in [-0.2, -0.15) is 0 Å². The first kappa shape index (κ1) is 17.9. The Hall–Kier alpha value is -1.41. The number of aromatic nitrogens is 1. The number of benzene rings is 1. The summed E-state index contributed by atoms with van der Waals surface area (Å²) in [5.41, 5.74) is 6.93. The molecule has 0 amide bonds. The molecule has 0 spiro atoms. The summed E-state index contributed by atoms with van der Waals surface area (Å²) in [5, 5.41) is 1.56. The lowest BCUT2D eigenvalue weighted by molar-refractivity contribution is -0.659. The van der Waals surface area contributed by atoms with Crippen molar-refractivity contribution in [1.82, 2.24) is 0 Å². The highest BCUT2D eigenvalue weighted by atomic mass is 28.3. The van der Waals surface area contributed by atoms with E-state index in [-0.39, 0.29) is 0 Å². The van der Waals surface area contributed by atoms with Crippen LogP contribution < -0.4 is 9.75 Å². The summed E-state index contributed by atoms with van der Waals surface area (Å²) >= 11 is 0. The van der Waals surface area contributed by atoms with E-state index in [0.717, 1.165) is 6.42 Å². The zero-order chi connectivity index (χ0) is 17.4. The molecule has 23 heavy (non-hydrogen) atoms. The minimum atomic E-state index is -1.30. The molecule has 0 saturated heterocycles. The van der Waals surface area contributed by atoms with Crippen LogP contribution in [0.4, 0.5) is 0 Å². The quantitative estimate of drug-likeness (QED) is 0.574. The molecule has 0 aliphatic heterocycles. The van der Waals surface area contributed by atoms with Crippen molar-refractivity contribution in [2.24, 2.45) is 13.0 Å². The molecule has 2 aromatic rings. The molecule has 0 N–H and O–H groups in total. The van der Waals surface area contributed by atoms with Gasteiger partial charge in [-0.05, 0) is 48.9 Å². The van der Waals surface area contributed by atoms with Gasteiger partial charge in [0.2, 0.25) is 5.69 Å². The van der Waals surface area contributed by atoms with Crippen LogP contribution in [-0.2, 0) is 13.5 Å². The molecule has 0 saturated carbocycles. The average molecular weight is 327 g/mol. The van der Waals surface area contributed by atoms with Crippen molar-refractivity contribution in [3.8, 4) is 11.3 Å². The molecule has 2 heteroatoms. The smallest absolute Gasteiger partial charge is 0.201 e. The van der Waals surface area contributed by atoms with Crippen molar-refractivity contribution < 1.29 is 4.57 Å². The normalized spacial score (nSPS) is 12.0. The summed E-state index contributed by atoms with van der Waals surface area (Å²) in [7, 11) is 0.887. The molecule has 1 aromatic carbocycles. The summed E-state index contributed by atoms with van der Waals surface area (Å²) in [6, 6.07) is 9.32. The predicted octanol–water partition coefficient (Wildman–Crippen LogP) is 4.54. The lowest BCUT2D eigenvalue weighted by Crippen LogP contribution is -2.46. The molecule has 0 unspecified atom stereocenters. The van der Waals surface area contributed by atoms with Gasteiger partial charge >= 0.3 is 0 Å². The molecule has 0 fully saturated rings. The lowest BCUT2D eigenvalue weighted by Gasteiger charge is -2.19. The molecule has 0 bridgehead atoms. The van der Waals surface area contributed by atoms with Gasteiger partial charge in [-0.15, -0.1) is 0 Å². The van der Waals surface area contributed by atoms with Gasteiger partial charge in [0.1, 0.15) is 7.05 Å². The predicted molar refractivity (Wildman–Crippen MR) is 104 cm³/mol. The summed E-state index contributed by atoms with van der Waals surface area (Å²) in [5.74, 6) is 0.690. The summed E-state index contributed by atoms with van der Waals surface area (Å²) in [6.07, 6.45) is 3.51. The topological polar surface area (TPSA) is 3.88 Å². The number of nitrogens with zero attached hydrogens (tertiary/aromatic N) is 1. The van der Waals surface area contributed by atoms with Crippen LogP contribution in [-0.4, -0.2) is 8.07 Å². The maximum Gasteiger partial charge on any atom is 0.212 e. The third kappa shape index (κ3) is 4.11. The maximum atomic E-state index is 2.42. The van der Waals surface area contributed by atoms with Gasteiger partial charge in [-0.3, -0.25) is 0 Å². The van der Waals surface area contributed by atoms with Gasteiger partial charge in [0.05, 0.1) is 8.07 Å². The SMILES string of the molecule is Cc1ccc(CC(C)C)cc1-c1cc(C)c([Si](C)(C)C)c[n+]1C. The standard InChI is InChI=1S/C21H32NSi/c1-15(2)11-18-10-9-16(3)19(13-18)20-12-17(4)21(14-22(20)5)23(6,7)8/h9-10,12-15H,11H2,1-8H3/q+1. The fourth-order valence-electron chi connectivity index (χ4n) is 3.35. The Morgan fingerprint density at radius 1 is 1.00 bits per heavy atom. The van der Waals surface area contributed by atoms with Crippen LogP contribution in [0.5, 0.6) is 0 Å². The van der Waals surface area contributed by atoms with Crippen LogP contribution in [0, 0.1) is 19.8 Å². The Labute approximate surface area is 143 Å². The van der Waals surface area contributed by atoms with E-state index >= 15 is 0 Å². The first-order valence-corrected chi connectivity index (χ1v) is 12.2. The molecule has 0 aliphatic rings. The van der Waals surface area contributed by atoms with E-state index in [0.29, 0.717) is 5.92 Å². The van der Waals surface area contributed by atoms with E-state index < -0.39 is 8.07 Å². The molecule has 0 atom stereocenters. The maximum absolute atomic E-state index is 2.42. The Kier molecular flexibility index (Phi) is 5.15. The van der Waals surface area contributed by atoms with Crippen molar-refractivity contribution in [2.45, 2.75) is 53.8 Å². The Balaban J connectivity index is 2.56. The number of hydrogen-bond acceptors (Lipinski definition) is 0. The fourth-order valence-corrected chi connectivity index (χ4v) is 5.18. The van der Waals surface area contributed by atoms with Crippen molar-refractivity contribution in [1.29, 1.82) is 0 Å². The number of hydrogen-bond donors (Lipinski definition) is 0. The summed E-state index contributed by atoms with van der Waals surface area (Å²) < 4.78 is 2.32. The van der Waals surface area contributed by atoms with Crippen LogP contribution in [0.25, 0.3) is 11.3 Å². The number of pyridine rings is 1. The van der Waals surface area contributed by atoms with Crippen LogP contribution in [0.1, 0.15) is 30.5 Å². The average Bonchev–Trinajstić information content (AvgIpc) is 2.41. The van der Waals surface area contributed by atoms with Crippen molar-refractivity contribution >= 4 is 13.3 Å². The Morgan fingerprint density at radius 2 is 1.65 bits per heavy atom. The molecule has 1 heterocycles. The van der Waals surface area contributed by atoms with E-state index in [1.807, 2.05) is 0 Å². The first-order chi connectivity index (χ1) is 10.6. The van der Waals surface area contributed by atoms with Crippen LogP contribution >= 0.6 is 0 Å². The van der Waals surface area contributed by atoms with Gasteiger partial charge in [-0.25, -0.2) is 4.57 Å². The molecule has 2 rings (SSSR count). The fraction of sp³-hybridized carbons (Fsp3) is 0.476. The van der Waals surface area contributed by atoms with Gasteiger partial charge in [0, 0.05) is 16.8 Å². The summed E-state index contributed by atoms with van der Waals surface area (Å²) in [4.78, 5) is 0. The van der Waals surface area contributed by atoms with Crippen molar-refractivity contribution in [2.75, 3.05) is 0 Å². The minimum Gasteiger partial charge on any atom is -0.201 e. The van der Waals surface area contributed by atoms with E-state index in [9.17, 15) is 0 Å². The van der Waals surface area contributed by atoms with E-state index in [2.05, 4.69) is 89.4 Å². The Morgan fingerprint density at radius 3 is 2.22 bits per heavy atom. The second-order valence-electron chi connectivity index (χ2n) is 8.36. The van der Waals surface area contributed by atoms with E-state index in [1.54, 1.807) is 5.19 Å². The molecule has 1 aromatic heterocycles. The largest absolute Gasteiger partial charge is 0.212 e. The zero-order valence-corrected chi connectivity index (χ0v) is 17.1. The van der Waals surface area contributed by atoms with Crippen LogP contribution in [0.15, 0.2) is 30.5 Å². The summed E-state index contributed by atoms with van der Waals surface area (Å²) in [6.45, 7) is 16.3. The van der Waals surface area contributed by atoms with Gasteiger partial charge in [-0.1, -0.05) is 45.6 Å². The van der Waals surface area contributed by atoms with Gasteiger partial charge < -0.3 is 0 Å². The highest BCUT2D eigenvalue weighted by Gasteiger charge is 2.24. The van der Waals surface area contributed by atoms with Crippen LogP contribution in [0.3, 0.4) is 0 Å². The van der Waals surface area contributed by atoms with E-state index in [1.165, 1.54) is 27.9 Å². The first-order valence-electron chi connectivity index (χ1n) is 8.70. The van der Waals surface area contributed by atoms with Crippen molar-refractivity contribution in [3.63, 3.8) is 0 Å². The molecule has 1 nitrogen and oxygen atoms in total. The second-order valence-corrected chi connectivity index (χ2v) is 13.4. The zero-order valence-electron chi connectivity index (χ0n) is 16.1. The lowest BCUT2D eigenvalue weighted by atomic mass is 9.96. The molecule has 0 radical (unpaired) electrons. The molecular formula is C21H32NSi+. The second kappa shape index (κ2) is 6.60. The highest BCUT2D eigenvalue weighted by Crippen LogP contribution is 2.24. The number of aryl methyl sites for hydroxylation is 3. The number of rotatable bonds is 4. The monoisotopic (exact) mass is 326 g/mol. The third-order valence-corrected chi connectivity index (χ3v) is 6.65. The van der Waals surface area contributed by atoms with Crippen molar-refractivity contribution in [3.05, 3.63) is 47.2 Å². The molecule has 0 aliphatic carbocycles. The van der Waals surface area contributed by atoms with E-state index in [4.69, 9.17) is 0 Å². The van der Waals surface area contributed by atoms with Gasteiger partial charge in [0.25, 0.3) is 0 Å². The highest BCUT2D eigenvalue weighted by molar-refractivity contribution is 6.88. The van der Waals surface area contributed by atoms with Crippen LogP contribution in [0.2, 0.25) is 19.6 Å². The minimum absolute atomic E-state index is 0.690. The molecule has 124 valence electrons. The molecular weight excluding hydrogens is 294 g/mol. The van der Waals surface area contributed by atoms with Gasteiger partial charge in [0.15, 0.2) is 6.20 Å². The Bertz CT molecular complexity index is 709. The third-order valence-electron chi connectivity index (χ3n) is 4.51.